The molecule has 0 aliphatic carbocycles. The molecule has 3 heterocycles. The number of rotatable bonds is 6. The monoisotopic (exact) mass is 484 g/mol. The third-order valence-corrected chi connectivity index (χ3v) is 8.35. The van der Waals surface area contributed by atoms with Crippen LogP contribution in [0.5, 0.6) is 0 Å². The molecule has 1 aromatic carbocycles. The van der Waals surface area contributed by atoms with E-state index in [-0.39, 0.29) is 40.1 Å². The van der Waals surface area contributed by atoms with Gasteiger partial charge in [0.2, 0.25) is 11.8 Å². The lowest BCUT2D eigenvalue weighted by Gasteiger charge is -2.33. The highest BCUT2D eigenvalue weighted by atomic mass is 32.2. The van der Waals surface area contributed by atoms with Crippen molar-refractivity contribution in [3.05, 3.63) is 42.1 Å². The molecule has 34 heavy (non-hydrogen) atoms. The molecule has 2 aliphatic heterocycles. The molecule has 9 heteroatoms. The molecule has 8 nitrogen and oxygen atoms in total. The Morgan fingerprint density at radius 3 is 2.65 bits per heavy atom. The standard InChI is InChI=1S/C25H36N6O2S/c1-16-14-20(31(29-16)19-11-7-6-8-12-19)28-24(33)22-25(3,4)34-21-13-9-10-18(15-30(21)22)27-23(32)17(2)26-5/h6-8,11-12,14,17-18,21-22,26H,9-10,13,15H2,1-5H3,(H,27,32)(H,28,33)/t17-,18-,21+,22?/m0/s1. The maximum absolute atomic E-state index is 13.8. The molecule has 2 fully saturated rings. The number of nitrogens with zero attached hydrogens (tertiary/aromatic N) is 3. The highest BCUT2D eigenvalue weighted by Crippen LogP contribution is 2.47. The van der Waals surface area contributed by atoms with Gasteiger partial charge in [-0.1, -0.05) is 18.2 Å². The largest absolute Gasteiger partial charge is 0.351 e. The van der Waals surface area contributed by atoms with Crippen LogP contribution in [0.4, 0.5) is 5.82 Å². The molecule has 1 unspecified atom stereocenters. The van der Waals surface area contributed by atoms with Crippen molar-refractivity contribution in [1.29, 1.82) is 0 Å². The number of hydrogen-bond acceptors (Lipinski definition) is 6. The number of thioether (sulfide) groups is 1. The molecule has 2 aliphatic rings. The predicted octanol–water partition coefficient (Wildman–Crippen LogP) is 2.92. The lowest BCUT2D eigenvalue weighted by molar-refractivity contribution is -0.123. The highest BCUT2D eigenvalue weighted by molar-refractivity contribution is 8.01. The first kappa shape index (κ1) is 24.8. The van der Waals surface area contributed by atoms with Crippen LogP contribution in [0.25, 0.3) is 5.69 Å². The highest BCUT2D eigenvalue weighted by Gasteiger charge is 2.52. The molecule has 0 radical (unpaired) electrons. The van der Waals surface area contributed by atoms with Gasteiger partial charge in [0.25, 0.3) is 0 Å². The number of carbonyl (C=O) groups excluding carboxylic acids is 2. The molecule has 4 atom stereocenters. The minimum Gasteiger partial charge on any atom is -0.351 e. The number of aryl methyl sites for hydroxylation is 1. The minimum atomic E-state index is -0.318. The first-order valence-electron chi connectivity index (χ1n) is 12.0. The van der Waals surface area contributed by atoms with Crippen LogP contribution >= 0.6 is 11.8 Å². The summed E-state index contributed by atoms with van der Waals surface area (Å²) < 4.78 is 1.52. The number of hydrogen-bond donors (Lipinski definition) is 3. The summed E-state index contributed by atoms with van der Waals surface area (Å²) in [6, 6.07) is 11.2. The average molecular weight is 485 g/mol. The maximum atomic E-state index is 13.8. The fraction of sp³-hybridized carbons (Fsp3) is 0.560. The van der Waals surface area contributed by atoms with Gasteiger partial charge in [-0.25, -0.2) is 4.68 Å². The Bertz CT molecular complexity index is 1020. The number of benzene rings is 1. The van der Waals surface area contributed by atoms with Crippen LogP contribution in [0.2, 0.25) is 0 Å². The van der Waals surface area contributed by atoms with E-state index in [1.807, 2.05) is 62.0 Å². The number of para-hydroxylation sites is 1. The molecular formula is C25H36N6O2S. The van der Waals surface area contributed by atoms with E-state index < -0.39 is 0 Å². The van der Waals surface area contributed by atoms with E-state index in [0.29, 0.717) is 12.4 Å². The van der Waals surface area contributed by atoms with E-state index in [4.69, 9.17) is 0 Å². The Labute approximate surface area is 206 Å². The molecule has 184 valence electrons. The van der Waals surface area contributed by atoms with Gasteiger partial charge in [0.15, 0.2) is 0 Å². The average Bonchev–Trinajstić information content (AvgIpc) is 3.21. The zero-order valence-corrected chi connectivity index (χ0v) is 21.5. The van der Waals surface area contributed by atoms with Gasteiger partial charge in [0.05, 0.1) is 22.8 Å². The van der Waals surface area contributed by atoms with Crippen LogP contribution < -0.4 is 16.0 Å². The minimum absolute atomic E-state index is 0.000278. The third-order valence-electron chi connectivity index (χ3n) is 6.74. The Hall–Kier alpha value is -2.36. The van der Waals surface area contributed by atoms with Gasteiger partial charge in [-0.3, -0.25) is 14.5 Å². The fourth-order valence-corrected chi connectivity index (χ4v) is 6.67. The number of nitrogens with one attached hydrogen (secondary N) is 3. The topological polar surface area (TPSA) is 91.3 Å². The number of carbonyl (C=O) groups is 2. The number of anilines is 1. The summed E-state index contributed by atoms with van der Waals surface area (Å²) in [5.41, 5.74) is 1.74. The van der Waals surface area contributed by atoms with Crippen LogP contribution in [0.1, 0.15) is 45.7 Å². The van der Waals surface area contributed by atoms with Crippen molar-refractivity contribution in [3.8, 4) is 5.69 Å². The molecule has 2 aromatic rings. The van der Waals surface area contributed by atoms with E-state index in [2.05, 4.69) is 39.8 Å². The molecule has 4 rings (SSSR count). The number of likely N-dealkylation sites (N-methyl/N-ethyl adjacent to an activating group) is 1. The van der Waals surface area contributed by atoms with Crippen molar-refractivity contribution >= 4 is 29.4 Å². The Kier molecular flexibility index (Phi) is 7.35. The van der Waals surface area contributed by atoms with Crippen molar-refractivity contribution in [2.24, 2.45) is 0 Å². The molecule has 0 bridgehead atoms. The smallest absolute Gasteiger partial charge is 0.244 e. The third kappa shape index (κ3) is 5.16. The number of aromatic nitrogens is 2. The number of amides is 2. The van der Waals surface area contributed by atoms with Crippen LogP contribution in [0.3, 0.4) is 0 Å². The summed E-state index contributed by atoms with van der Waals surface area (Å²) in [4.78, 5) is 28.6. The molecule has 2 amide bonds. The molecular weight excluding hydrogens is 448 g/mol. The van der Waals surface area contributed by atoms with Crippen LogP contribution in [0, 0.1) is 6.92 Å². The van der Waals surface area contributed by atoms with Gasteiger partial charge in [-0.2, -0.15) is 5.10 Å². The zero-order chi connectivity index (χ0) is 24.5. The van der Waals surface area contributed by atoms with Crippen molar-refractivity contribution in [1.82, 2.24) is 25.3 Å². The van der Waals surface area contributed by atoms with Crippen molar-refractivity contribution < 1.29 is 9.59 Å². The second kappa shape index (κ2) is 10.1. The van der Waals surface area contributed by atoms with Gasteiger partial charge < -0.3 is 16.0 Å². The second-order valence-corrected chi connectivity index (χ2v) is 11.7. The second-order valence-electron chi connectivity index (χ2n) is 9.83. The normalized spacial score (nSPS) is 25.3. The van der Waals surface area contributed by atoms with Gasteiger partial charge in [0, 0.05) is 23.4 Å². The van der Waals surface area contributed by atoms with Crippen molar-refractivity contribution in [2.75, 3.05) is 18.9 Å². The first-order chi connectivity index (χ1) is 16.2. The Morgan fingerprint density at radius 1 is 1.21 bits per heavy atom. The van der Waals surface area contributed by atoms with E-state index in [0.717, 1.165) is 30.6 Å². The predicted molar refractivity (Wildman–Crippen MR) is 137 cm³/mol. The van der Waals surface area contributed by atoms with E-state index in [1.165, 1.54) is 0 Å². The lowest BCUT2D eigenvalue weighted by atomic mass is 10.00. The molecule has 0 spiro atoms. The van der Waals surface area contributed by atoms with Gasteiger partial charge >= 0.3 is 0 Å². The number of fused-ring (bicyclic) bond motifs is 1. The van der Waals surface area contributed by atoms with Gasteiger partial charge in [-0.15, -0.1) is 11.8 Å². The van der Waals surface area contributed by atoms with Gasteiger partial charge in [0.1, 0.15) is 11.9 Å². The summed E-state index contributed by atoms with van der Waals surface area (Å²) in [5.74, 6) is 0.633. The lowest BCUT2D eigenvalue weighted by Crippen LogP contribution is -2.55. The summed E-state index contributed by atoms with van der Waals surface area (Å²) in [5, 5.41) is 14.2. The van der Waals surface area contributed by atoms with Crippen molar-refractivity contribution in [3.63, 3.8) is 0 Å². The summed E-state index contributed by atoms with van der Waals surface area (Å²) >= 11 is 1.87. The van der Waals surface area contributed by atoms with Gasteiger partial charge in [-0.05, 0) is 66.1 Å². The van der Waals surface area contributed by atoms with Crippen LogP contribution in [-0.2, 0) is 9.59 Å². The Morgan fingerprint density at radius 2 is 1.94 bits per heavy atom. The van der Waals surface area contributed by atoms with E-state index >= 15 is 0 Å². The molecule has 1 aromatic heterocycles. The first-order valence-corrected chi connectivity index (χ1v) is 12.9. The summed E-state index contributed by atoms with van der Waals surface area (Å²) in [6.07, 6.45) is 2.95. The van der Waals surface area contributed by atoms with Crippen LogP contribution in [0.15, 0.2) is 36.4 Å². The summed E-state index contributed by atoms with van der Waals surface area (Å²) in [7, 11) is 1.79. The zero-order valence-electron chi connectivity index (χ0n) is 20.7. The quantitative estimate of drug-likeness (QED) is 0.584. The fourth-order valence-electron chi connectivity index (χ4n) is 4.97. The summed E-state index contributed by atoms with van der Waals surface area (Å²) in [6.45, 7) is 8.74. The SMILES string of the molecule is CN[C@@H](C)C(=O)N[C@H]1CCC[C@H]2SC(C)(C)C(C(=O)Nc3cc(C)nn3-c3ccccc3)N2C1. The molecule has 0 saturated carbocycles. The van der Waals surface area contributed by atoms with E-state index in [1.54, 1.807) is 11.7 Å². The van der Waals surface area contributed by atoms with Crippen molar-refractivity contribution in [2.45, 2.75) is 75.2 Å². The Balaban J connectivity index is 1.55. The van der Waals surface area contributed by atoms with E-state index in [9.17, 15) is 9.59 Å². The molecule has 2 saturated heterocycles. The molecule has 3 N–H and O–H groups in total. The van der Waals surface area contributed by atoms with Crippen LogP contribution in [-0.4, -0.2) is 68.3 Å². The maximum Gasteiger partial charge on any atom is 0.244 e.